The monoisotopic (exact) mass is 306 g/mol. The first-order valence-electron chi connectivity index (χ1n) is 6.70. The molecule has 0 aromatic heterocycles. The molecule has 0 radical (unpaired) electrons. The molecule has 0 aliphatic heterocycles. The number of aliphatic carboxylic acids is 1. The Kier molecular flexibility index (Phi) is 6.25. The van der Waals surface area contributed by atoms with E-state index in [-0.39, 0.29) is 30.1 Å². The smallest absolute Gasteiger partial charge is 0.326 e. The van der Waals surface area contributed by atoms with Crippen molar-refractivity contribution in [3.63, 3.8) is 0 Å². The molecule has 3 N–H and O–H groups in total. The molecule has 2 amide bonds. The van der Waals surface area contributed by atoms with Crippen LogP contribution in [-0.2, 0) is 14.4 Å². The molecule has 0 saturated carbocycles. The number of carboxylic acids is 1. The van der Waals surface area contributed by atoms with Gasteiger partial charge in [0.25, 0.3) is 5.91 Å². The number of hydrogen-bond acceptors (Lipinski definition) is 4. The van der Waals surface area contributed by atoms with Crippen molar-refractivity contribution in [1.82, 2.24) is 5.32 Å². The minimum atomic E-state index is -1.19. The van der Waals surface area contributed by atoms with Gasteiger partial charge >= 0.3 is 5.97 Å². The van der Waals surface area contributed by atoms with Crippen molar-refractivity contribution in [3.8, 4) is 0 Å². The molecule has 22 heavy (non-hydrogen) atoms. The van der Waals surface area contributed by atoms with E-state index in [0.717, 1.165) is 0 Å². The predicted molar refractivity (Wildman–Crippen MR) is 79.6 cm³/mol. The van der Waals surface area contributed by atoms with Crippen LogP contribution < -0.4 is 10.6 Å². The van der Waals surface area contributed by atoms with Crippen molar-refractivity contribution in [2.45, 2.75) is 32.7 Å². The highest BCUT2D eigenvalue weighted by molar-refractivity contribution is 5.97. The fraction of sp³-hybridized carbons (Fsp3) is 0.333. The summed E-state index contributed by atoms with van der Waals surface area (Å²) in [5, 5.41) is 14.0. The molecule has 7 heteroatoms. The average Bonchev–Trinajstić information content (AvgIpc) is 2.42. The minimum absolute atomic E-state index is 0.0420. The number of hydrogen-bond donors (Lipinski definition) is 3. The summed E-state index contributed by atoms with van der Waals surface area (Å²) in [4.78, 5) is 44.9. The van der Waals surface area contributed by atoms with Crippen LogP contribution in [0.5, 0.6) is 0 Å². The number of rotatable bonds is 7. The molecule has 1 aromatic rings. The van der Waals surface area contributed by atoms with Gasteiger partial charge in [-0.25, -0.2) is 4.79 Å². The lowest BCUT2D eigenvalue weighted by Gasteiger charge is -2.14. The largest absolute Gasteiger partial charge is 0.480 e. The first kappa shape index (κ1) is 17.4. The molecule has 1 atom stereocenters. The number of ketones is 1. The molecule has 0 saturated heterocycles. The number of carbonyl (C=O) groups is 4. The normalized spacial score (nSPS) is 11.4. The van der Waals surface area contributed by atoms with E-state index >= 15 is 0 Å². The van der Waals surface area contributed by atoms with E-state index in [9.17, 15) is 19.2 Å². The van der Waals surface area contributed by atoms with Crippen molar-refractivity contribution in [2.75, 3.05) is 5.32 Å². The second-order valence-corrected chi connectivity index (χ2v) is 4.86. The molecule has 0 fully saturated rings. The van der Waals surface area contributed by atoms with Gasteiger partial charge in [-0.1, -0.05) is 0 Å². The summed E-state index contributed by atoms with van der Waals surface area (Å²) in [6.45, 7) is 2.73. The quantitative estimate of drug-likeness (QED) is 0.700. The van der Waals surface area contributed by atoms with Gasteiger partial charge in [-0.15, -0.1) is 0 Å². The summed E-state index contributed by atoms with van der Waals surface area (Å²) >= 11 is 0. The van der Waals surface area contributed by atoms with Gasteiger partial charge in [-0.3, -0.25) is 9.59 Å². The topological polar surface area (TPSA) is 113 Å². The number of nitrogens with one attached hydrogen (secondary N) is 2. The molecule has 118 valence electrons. The van der Waals surface area contributed by atoms with Crippen molar-refractivity contribution in [3.05, 3.63) is 29.8 Å². The fourth-order valence-electron chi connectivity index (χ4n) is 1.75. The Morgan fingerprint density at radius 1 is 1.09 bits per heavy atom. The van der Waals surface area contributed by atoms with Gasteiger partial charge in [0.2, 0.25) is 5.91 Å². The molecule has 1 rings (SSSR count). The highest BCUT2D eigenvalue weighted by atomic mass is 16.4. The van der Waals surface area contributed by atoms with E-state index < -0.39 is 17.9 Å². The van der Waals surface area contributed by atoms with Gasteiger partial charge in [0.05, 0.1) is 0 Å². The Bertz CT molecular complexity index is 580. The summed E-state index contributed by atoms with van der Waals surface area (Å²) in [6, 6.07) is 4.92. The van der Waals surface area contributed by atoms with Gasteiger partial charge in [0.1, 0.15) is 11.8 Å². The van der Waals surface area contributed by atoms with Crippen LogP contribution in [0.2, 0.25) is 0 Å². The molecule has 0 unspecified atom stereocenters. The Morgan fingerprint density at radius 3 is 2.14 bits per heavy atom. The van der Waals surface area contributed by atoms with Crippen molar-refractivity contribution < 1.29 is 24.3 Å². The van der Waals surface area contributed by atoms with Gasteiger partial charge in [0.15, 0.2) is 0 Å². The molecule has 0 aliphatic rings. The third-order valence-electron chi connectivity index (χ3n) is 2.86. The second kappa shape index (κ2) is 7.92. The third-order valence-corrected chi connectivity index (χ3v) is 2.86. The predicted octanol–water partition coefficient (Wildman–Crippen LogP) is 1.20. The summed E-state index contributed by atoms with van der Waals surface area (Å²) in [5.41, 5.74) is 0.804. The SMILES string of the molecule is CC(=O)CC[C@@H](NC(=O)c1ccc(NC(C)=O)cc1)C(=O)O. The van der Waals surface area contributed by atoms with Crippen LogP contribution >= 0.6 is 0 Å². The van der Waals surface area contributed by atoms with Crippen LogP contribution in [0, 0.1) is 0 Å². The summed E-state index contributed by atoms with van der Waals surface area (Å²) in [7, 11) is 0. The Morgan fingerprint density at radius 2 is 1.68 bits per heavy atom. The number of carboxylic acid groups (broad SMARTS) is 1. The number of benzene rings is 1. The van der Waals surface area contributed by atoms with Crippen LogP contribution in [0.15, 0.2) is 24.3 Å². The molecule has 7 nitrogen and oxygen atoms in total. The lowest BCUT2D eigenvalue weighted by atomic mass is 10.1. The molecule has 0 spiro atoms. The fourth-order valence-corrected chi connectivity index (χ4v) is 1.75. The number of anilines is 1. The highest BCUT2D eigenvalue weighted by Gasteiger charge is 2.20. The molecular formula is C15H18N2O5. The zero-order valence-corrected chi connectivity index (χ0v) is 12.4. The van der Waals surface area contributed by atoms with E-state index in [1.54, 1.807) is 12.1 Å². The number of Topliss-reactive ketones (excluding diaryl/α,β-unsaturated/α-hetero) is 1. The van der Waals surface area contributed by atoms with E-state index in [1.165, 1.54) is 26.0 Å². The van der Waals surface area contributed by atoms with Crippen LogP contribution in [0.1, 0.15) is 37.0 Å². The Balaban J connectivity index is 2.71. The highest BCUT2D eigenvalue weighted by Crippen LogP contribution is 2.10. The molecular weight excluding hydrogens is 288 g/mol. The van der Waals surface area contributed by atoms with Gasteiger partial charge in [-0.2, -0.15) is 0 Å². The Hall–Kier alpha value is -2.70. The maximum atomic E-state index is 12.0. The first-order valence-corrected chi connectivity index (χ1v) is 6.70. The lowest BCUT2D eigenvalue weighted by Crippen LogP contribution is -2.41. The second-order valence-electron chi connectivity index (χ2n) is 4.86. The van der Waals surface area contributed by atoms with Crippen LogP contribution in [0.4, 0.5) is 5.69 Å². The third kappa shape index (κ3) is 5.74. The lowest BCUT2D eigenvalue weighted by molar-refractivity contribution is -0.139. The van der Waals surface area contributed by atoms with E-state index in [1.807, 2.05) is 0 Å². The van der Waals surface area contributed by atoms with E-state index in [2.05, 4.69) is 10.6 Å². The van der Waals surface area contributed by atoms with Crippen molar-refractivity contribution >= 4 is 29.3 Å². The summed E-state index contributed by atoms with van der Waals surface area (Å²) < 4.78 is 0. The van der Waals surface area contributed by atoms with Crippen LogP contribution in [0.25, 0.3) is 0 Å². The number of carbonyl (C=O) groups excluding carboxylic acids is 3. The molecule has 0 bridgehead atoms. The molecule has 1 aromatic carbocycles. The number of amides is 2. The summed E-state index contributed by atoms with van der Waals surface area (Å²) in [6.07, 6.45) is 0.124. The standard InChI is InChI=1S/C15H18N2O5/c1-9(18)3-8-13(15(21)22)17-14(20)11-4-6-12(7-5-11)16-10(2)19/h4-7,13H,3,8H2,1-2H3,(H,16,19)(H,17,20)(H,21,22)/t13-/m1/s1. The zero-order valence-electron chi connectivity index (χ0n) is 12.4. The molecule has 0 heterocycles. The van der Waals surface area contributed by atoms with Gasteiger partial charge in [0, 0.05) is 24.6 Å². The van der Waals surface area contributed by atoms with E-state index in [0.29, 0.717) is 5.69 Å². The zero-order chi connectivity index (χ0) is 16.7. The van der Waals surface area contributed by atoms with E-state index in [4.69, 9.17) is 5.11 Å². The van der Waals surface area contributed by atoms with Crippen molar-refractivity contribution in [2.24, 2.45) is 0 Å². The summed E-state index contributed by atoms with van der Waals surface area (Å²) in [5.74, 6) is -2.11. The van der Waals surface area contributed by atoms with Gasteiger partial charge in [-0.05, 0) is 37.6 Å². The average molecular weight is 306 g/mol. The maximum absolute atomic E-state index is 12.0. The van der Waals surface area contributed by atoms with Crippen molar-refractivity contribution in [1.29, 1.82) is 0 Å². The van der Waals surface area contributed by atoms with Gasteiger partial charge < -0.3 is 20.5 Å². The molecule has 0 aliphatic carbocycles. The first-order chi connectivity index (χ1) is 10.3. The minimum Gasteiger partial charge on any atom is -0.480 e. The maximum Gasteiger partial charge on any atom is 0.326 e. The van der Waals surface area contributed by atoms with Crippen LogP contribution in [0.3, 0.4) is 0 Å². The van der Waals surface area contributed by atoms with Crippen LogP contribution in [-0.4, -0.2) is 34.7 Å². The Labute approximate surface area is 127 Å².